The maximum absolute atomic E-state index is 13.1. The van der Waals surface area contributed by atoms with Crippen molar-refractivity contribution in [1.82, 2.24) is 9.62 Å². The van der Waals surface area contributed by atoms with Crippen LogP contribution in [-0.4, -0.2) is 31.7 Å². The Balaban J connectivity index is 1.65. The lowest BCUT2D eigenvalue weighted by atomic mass is 9.99. The quantitative estimate of drug-likeness (QED) is 0.823. The number of piperidine rings is 1. The molecule has 5 nitrogen and oxygen atoms in total. The van der Waals surface area contributed by atoms with Gasteiger partial charge in [0.1, 0.15) is 5.82 Å². The molecule has 144 valence electrons. The molecule has 0 saturated carbocycles. The van der Waals surface area contributed by atoms with Gasteiger partial charge in [0.15, 0.2) is 0 Å². The lowest BCUT2D eigenvalue weighted by molar-refractivity contribution is -0.126. The lowest BCUT2D eigenvalue weighted by Gasteiger charge is -2.31. The number of rotatable bonds is 5. The standard InChI is InChI=1S/C19H20ClFN2O3S/c20-18-6-2-1-4-14(18)12-22-19(24)15-5-3-11-23(13-15)27(25,26)17-9-7-16(21)8-10-17/h1-2,4,6-10,15H,3,5,11-13H2,(H,22,24)/t15-/m0/s1. The third-order valence-corrected chi connectivity index (χ3v) is 6.87. The molecule has 1 aliphatic heterocycles. The van der Waals surface area contributed by atoms with Gasteiger partial charge in [-0.3, -0.25) is 4.79 Å². The Bertz CT molecular complexity index is 919. The third-order valence-electron chi connectivity index (χ3n) is 4.62. The fourth-order valence-electron chi connectivity index (χ4n) is 3.10. The van der Waals surface area contributed by atoms with E-state index in [-0.39, 0.29) is 17.3 Å². The molecule has 0 aromatic heterocycles. The van der Waals surface area contributed by atoms with Crippen molar-refractivity contribution in [2.24, 2.45) is 5.92 Å². The van der Waals surface area contributed by atoms with Crippen LogP contribution in [0.2, 0.25) is 5.02 Å². The molecular weight excluding hydrogens is 391 g/mol. The average molecular weight is 411 g/mol. The second-order valence-corrected chi connectivity index (χ2v) is 8.81. The molecule has 1 fully saturated rings. The summed E-state index contributed by atoms with van der Waals surface area (Å²) in [6.07, 6.45) is 1.20. The van der Waals surface area contributed by atoms with Crippen molar-refractivity contribution in [2.45, 2.75) is 24.3 Å². The van der Waals surface area contributed by atoms with Gasteiger partial charge >= 0.3 is 0 Å². The van der Waals surface area contributed by atoms with E-state index in [0.29, 0.717) is 31.0 Å². The van der Waals surface area contributed by atoms with Crippen LogP contribution in [-0.2, 0) is 21.4 Å². The first-order valence-electron chi connectivity index (χ1n) is 8.65. The predicted molar refractivity (Wildman–Crippen MR) is 101 cm³/mol. The van der Waals surface area contributed by atoms with Gasteiger partial charge in [0.2, 0.25) is 15.9 Å². The van der Waals surface area contributed by atoms with E-state index in [1.807, 2.05) is 18.2 Å². The first kappa shape index (κ1) is 19.8. The van der Waals surface area contributed by atoms with Gasteiger partial charge < -0.3 is 5.32 Å². The summed E-state index contributed by atoms with van der Waals surface area (Å²) in [7, 11) is -3.75. The van der Waals surface area contributed by atoms with Crippen LogP contribution < -0.4 is 5.32 Å². The van der Waals surface area contributed by atoms with Gasteiger partial charge in [-0.15, -0.1) is 0 Å². The van der Waals surface area contributed by atoms with Crippen molar-refractivity contribution in [3.05, 3.63) is 64.9 Å². The monoisotopic (exact) mass is 410 g/mol. The molecule has 2 aromatic rings. The molecule has 8 heteroatoms. The van der Waals surface area contributed by atoms with Crippen molar-refractivity contribution in [1.29, 1.82) is 0 Å². The average Bonchev–Trinajstić information content (AvgIpc) is 2.67. The minimum Gasteiger partial charge on any atom is -0.352 e. The summed E-state index contributed by atoms with van der Waals surface area (Å²) < 4.78 is 39.9. The summed E-state index contributed by atoms with van der Waals surface area (Å²) in [5, 5.41) is 3.41. The summed E-state index contributed by atoms with van der Waals surface area (Å²) in [6, 6.07) is 11.9. The van der Waals surface area contributed by atoms with E-state index in [0.717, 1.165) is 17.7 Å². The van der Waals surface area contributed by atoms with E-state index >= 15 is 0 Å². The van der Waals surface area contributed by atoms with Crippen molar-refractivity contribution in [3.63, 3.8) is 0 Å². The largest absolute Gasteiger partial charge is 0.352 e. The fraction of sp³-hybridized carbons (Fsp3) is 0.316. The smallest absolute Gasteiger partial charge is 0.243 e. The summed E-state index contributed by atoms with van der Waals surface area (Å²) in [6.45, 7) is 0.738. The Morgan fingerprint density at radius 1 is 1.19 bits per heavy atom. The first-order chi connectivity index (χ1) is 12.9. The molecule has 1 aliphatic rings. The number of benzene rings is 2. The molecule has 1 N–H and O–H groups in total. The molecular formula is C19H20ClFN2O3S. The molecule has 3 rings (SSSR count). The van der Waals surface area contributed by atoms with Crippen molar-refractivity contribution in [3.8, 4) is 0 Å². The van der Waals surface area contributed by atoms with E-state index in [9.17, 15) is 17.6 Å². The molecule has 1 heterocycles. The van der Waals surface area contributed by atoms with Gasteiger partial charge in [-0.05, 0) is 48.7 Å². The zero-order chi connectivity index (χ0) is 19.4. The van der Waals surface area contributed by atoms with Crippen LogP contribution in [0.1, 0.15) is 18.4 Å². The molecule has 0 aliphatic carbocycles. The highest BCUT2D eigenvalue weighted by Gasteiger charge is 2.33. The Morgan fingerprint density at radius 3 is 2.59 bits per heavy atom. The SMILES string of the molecule is O=C(NCc1ccccc1Cl)[C@H]1CCCN(S(=O)(=O)c2ccc(F)cc2)C1. The molecule has 0 spiro atoms. The maximum Gasteiger partial charge on any atom is 0.243 e. The Morgan fingerprint density at radius 2 is 1.89 bits per heavy atom. The van der Waals surface area contributed by atoms with Crippen LogP contribution >= 0.6 is 11.6 Å². The number of nitrogens with zero attached hydrogens (tertiary/aromatic N) is 1. The number of carbonyl (C=O) groups excluding carboxylic acids is 1. The molecule has 1 amide bonds. The third kappa shape index (κ3) is 4.66. The van der Waals surface area contributed by atoms with Crippen molar-refractivity contribution >= 4 is 27.5 Å². The van der Waals surface area contributed by atoms with Gasteiger partial charge in [-0.25, -0.2) is 12.8 Å². The minimum atomic E-state index is -3.75. The summed E-state index contributed by atoms with van der Waals surface area (Å²) in [5.74, 6) is -1.13. The Labute approximate surface area is 163 Å². The van der Waals surface area contributed by atoms with E-state index in [1.165, 1.54) is 16.4 Å². The maximum atomic E-state index is 13.1. The van der Waals surface area contributed by atoms with E-state index in [4.69, 9.17) is 11.6 Å². The second-order valence-electron chi connectivity index (χ2n) is 6.47. The zero-order valence-corrected chi connectivity index (χ0v) is 16.1. The van der Waals surface area contributed by atoms with Crippen LogP contribution in [0.5, 0.6) is 0 Å². The molecule has 1 saturated heterocycles. The predicted octanol–water partition coefficient (Wildman–Crippen LogP) is 3.20. The van der Waals surface area contributed by atoms with E-state index < -0.39 is 21.8 Å². The minimum absolute atomic E-state index is 0.0287. The van der Waals surface area contributed by atoms with Gasteiger partial charge in [-0.1, -0.05) is 29.8 Å². The van der Waals surface area contributed by atoms with Crippen LogP contribution in [0, 0.1) is 11.7 Å². The topological polar surface area (TPSA) is 66.5 Å². The number of sulfonamides is 1. The number of amides is 1. The summed E-state index contributed by atoms with van der Waals surface area (Å²) >= 11 is 6.09. The lowest BCUT2D eigenvalue weighted by Crippen LogP contribution is -2.45. The highest BCUT2D eigenvalue weighted by Crippen LogP contribution is 2.24. The number of carbonyl (C=O) groups is 1. The van der Waals surface area contributed by atoms with E-state index in [1.54, 1.807) is 6.07 Å². The van der Waals surface area contributed by atoms with E-state index in [2.05, 4.69) is 5.32 Å². The van der Waals surface area contributed by atoms with Gasteiger partial charge in [-0.2, -0.15) is 4.31 Å². The van der Waals surface area contributed by atoms with Gasteiger partial charge in [0.05, 0.1) is 10.8 Å². The molecule has 2 aromatic carbocycles. The molecule has 0 bridgehead atoms. The first-order valence-corrected chi connectivity index (χ1v) is 10.5. The van der Waals surface area contributed by atoms with Crippen molar-refractivity contribution in [2.75, 3.05) is 13.1 Å². The summed E-state index contributed by atoms with van der Waals surface area (Å²) in [4.78, 5) is 12.5. The Kier molecular flexibility index (Phi) is 6.14. The molecule has 0 unspecified atom stereocenters. The highest BCUT2D eigenvalue weighted by molar-refractivity contribution is 7.89. The van der Waals surface area contributed by atoms with Gasteiger partial charge in [0, 0.05) is 24.7 Å². The number of halogens is 2. The Hall–Kier alpha value is -1.96. The van der Waals surface area contributed by atoms with Gasteiger partial charge in [0.25, 0.3) is 0 Å². The fourth-order valence-corrected chi connectivity index (χ4v) is 4.83. The molecule has 27 heavy (non-hydrogen) atoms. The van der Waals surface area contributed by atoms with Crippen LogP contribution in [0.25, 0.3) is 0 Å². The van der Waals surface area contributed by atoms with Crippen LogP contribution in [0.4, 0.5) is 4.39 Å². The zero-order valence-electron chi connectivity index (χ0n) is 14.6. The normalized spacial score (nSPS) is 18.2. The number of hydrogen-bond donors (Lipinski definition) is 1. The number of hydrogen-bond acceptors (Lipinski definition) is 3. The van der Waals surface area contributed by atoms with Crippen LogP contribution in [0.3, 0.4) is 0 Å². The van der Waals surface area contributed by atoms with Crippen LogP contribution in [0.15, 0.2) is 53.4 Å². The van der Waals surface area contributed by atoms with Crippen molar-refractivity contribution < 1.29 is 17.6 Å². The highest BCUT2D eigenvalue weighted by atomic mass is 35.5. The summed E-state index contributed by atoms with van der Waals surface area (Å²) in [5.41, 5.74) is 0.805. The second kappa shape index (κ2) is 8.37. The number of nitrogens with one attached hydrogen (secondary N) is 1. The molecule has 0 radical (unpaired) electrons. The molecule has 1 atom stereocenters.